The minimum Gasteiger partial charge on any atom is -0.504 e. The zero-order valence-corrected chi connectivity index (χ0v) is 15.9. The van der Waals surface area contributed by atoms with Crippen molar-refractivity contribution in [1.29, 1.82) is 0 Å². The molecule has 2 N–H and O–H groups in total. The smallest absolute Gasteiger partial charge is 0.161 e. The third kappa shape index (κ3) is 2.51. The monoisotopic (exact) mass is 359 g/mol. The van der Waals surface area contributed by atoms with Gasteiger partial charge in [0.1, 0.15) is 7.11 Å². The van der Waals surface area contributed by atoms with E-state index in [4.69, 9.17) is 9.57 Å². The van der Waals surface area contributed by atoms with Crippen LogP contribution < -0.4 is 4.74 Å². The van der Waals surface area contributed by atoms with Crippen LogP contribution in [0.2, 0.25) is 0 Å². The molecule has 0 bridgehead atoms. The highest BCUT2D eigenvalue weighted by molar-refractivity contribution is 6.03. The minimum absolute atomic E-state index is 0.0104. The van der Waals surface area contributed by atoms with Crippen LogP contribution in [0.25, 0.3) is 0 Å². The highest BCUT2D eigenvalue weighted by Crippen LogP contribution is 2.61. The minimum atomic E-state index is -0.198. The number of phenolic OH excluding ortho intramolecular Hbond substituents is 1. The van der Waals surface area contributed by atoms with Crippen LogP contribution in [0.3, 0.4) is 0 Å². The lowest BCUT2D eigenvalue weighted by atomic mass is 9.55. The number of fused-ring (bicyclic) bond motifs is 5. The van der Waals surface area contributed by atoms with Gasteiger partial charge in [0.25, 0.3) is 0 Å². The summed E-state index contributed by atoms with van der Waals surface area (Å²) in [6.45, 7) is 4.70. The fraction of sp³-hybridized carbons (Fsp3) is 0.667. The van der Waals surface area contributed by atoms with E-state index in [0.717, 1.165) is 43.4 Å². The molecule has 0 aromatic heterocycles. The van der Waals surface area contributed by atoms with Crippen molar-refractivity contribution in [2.24, 2.45) is 22.4 Å². The molecule has 26 heavy (non-hydrogen) atoms. The van der Waals surface area contributed by atoms with Gasteiger partial charge in [-0.05, 0) is 79.9 Å². The zero-order chi connectivity index (χ0) is 18.5. The van der Waals surface area contributed by atoms with Crippen molar-refractivity contribution >= 4 is 5.71 Å². The average molecular weight is 359 g/mol. The number of ether oxygens (including phenoxy) is 1. The van der Waals surface area contributed by atoms with Crippen molar-refractivity contribution in [3.8, 4) is 11.5 Å². The van der Waals surface area contributed by atoms with E-state index in [9.17, 15) is 10.2 Å². The fourth-order valence-corrected chi connectivity index (χ4v) is 5.87. The van der Waals surface area contributed by atoms with Crippen molar-refractivity contribution < 1.29 is 19.8 Å². The first-order valence-corrected chi connectivity index (χ1v) is 9.77. The second-order valence-electron chi connectivity index (χ2n) is 8.28. The first kappa shape index (κ1) is 17.7. The quantitative estimate of drug-likeness (QED) is 0.805. The maximum absolute atomic E-state index is 10.6. The van der Waals surface area contributed by atoms with Crippen molar-refractivity contribution in [2.75, 3.05) is 13.7 Å². The van der Waals surface area contributed by atoms with Crippen LogP contribution in [-0.2, 0) is 4.84 Å². The Kier molecular flexibility index (Phi) is 4.38. The summed E-state index contributed by atoms with van der Waals surface area (Å²) < 4.78 is 5.64. The topological polar surface area (TPSA) is 71.3 Å². The molecule has 5 unspecified atom stereocenters. The number of aliphatic hydroxyl groups is 1. The zero-order valence-electron chi connectivity index (χ0n) is 15.9. The SMILES string of the molecule is CCOc1cc2c(cc1O)/C(=N\OC)CC1C2CCC2(C)C(O)CCC12. The molecule has 3 aliphatic rings. The summed E-state index contributed by atoms with van der Waals surface area (Å²) in [7, 11) is 1.57. The Morgan fingerprint density at radius 3 is 2.81 bits per heavy atom. The molecule has 3 aliphatic carbocycles. The van der Waals surface area contributed by atoms with Crippen LogP contribution in [0.4, 0.5) is 0 Å². The van der Waals surface area contributed by atoms with Gasteiger partial charge >= 0.3 is 0 Å². The molecule has 0 amide bonds. The van der Waals surface area contributed by atoms with Crippen LogP contribution in [0.1, 0.15) is 63.0 Å². The third-order valence-electron chi connectivity index (χ3n) is 7.16. The first-order chi connectivity index (χ1) is 12.5. The Bertz CT molecular complexity index is 731. The average Bonchev–Trinajstić information content (AvgIpc) is 2.92. The van der Waals surface area contributed by atoms with E-state index in [0.29, 0.717) is 30.1 Å². The third-order valence-corrected chi connectivity index (χ3v) is 7.16. The van der Waals surface area contributed by atoms with Gasteiger partial charge in [-0.2, -0.15) is 0 Å². The van der Waals surface area contributed by atoms with Gasteiger partial charge in [0.05, 0.1) is 18.4 Å². The van der Waals surface area contributed by atoms with Crippen LogP contribution in [0.5, 0.6) is 11.5 Å². The second-order valence-corrected chi connectivity index (χ2v) is 8.28. The van der Waals surface area contributed by atoms with Gasteiger partial charge in [-0.3, -0.25) is 0 Å². The predicted octanol–water partition coefficient (Wildman–Crippen LogP) is 3.82. The lowest BCUT2D eigenvalue weighted by molar-refractivity contribution is -0.0179. The molecule has 0 radical (unpaired) electrons. The Morgan fingerprint density at radius 2 is 2.08 bits per heavy atom. The van der Waals surface area contributed by atoms with Crippen molar-refractivity contribution in [3.63, 3.8) is 0 Å². The van der Waals surface area contributed by atoms with E-state index < -0.39 is 0 Å². The van der Waals surface area contributed by atoms with Gasteiger partial charge in [-0.25, -0.2) is 0 Å². The molecule has 0 heterocycles. The molecular weight excluding hydrogens is 330 g/mol. The van der Waals surface area contributed by atoms with Gasteiger partial charge in [-0.15, -0.1) is 0 Å². The summed E-state index contributed by atoms with van der Waals surface area (Å²) in [4.78, 5) is 5.12. The molecule has 5 nitrogen and oxygen atoms in total. The Hall–Kier alpha value is -1.75. The molecule has 2 fully saturated rings. The highest BCUT2D eigenvalue weighted by atomic mass is 16.6. The summed E-state index contributed by atoms with van der Waals surface area (Å²) in [5.74, 6) is 2.07. The molecule has 5 heteroatoms. The number of aromatic hydroxyl groups is 1. The molecule has 142 valence electrons. The largest absolute Gasteiger partial charge is 0.504 e. The van der Waals surface area contributed by atoms with Crippen molar-refractivity contribution in [1.82, 2.24) is 0 Å². The maximum atomic E-state index is 10.6. The second kappa shape index (κ2) is 6.45. The lowest BCUT2D eigenvalue weighted by Gasteiger charge is -2.50. The van der Waals surface area contributed by atoms with Crippen LogP contribution in [0, 0.1) is 17.3 Å². The normalized spacial score (nSPS) is 37.0. The van der Waals surface area contributed by atoms with E-state index in [1.54, 1.807) is 13.2 Å². The molecule has 1 aromatic rings. The Morgan fingerprint density at radius 1 is 1.27 bits per heavy atom. The first-order valence-electron chi connectivity index (χ1n) is 9.77. The van der Waals surface area contributed by atoms with Gasteiger partial charge < -0.3 is 19.8 Å². The standard InChI is InChI=1S/C21H29NO4/c1-4-26-19-11-13-12-7-8-21(2)16(5-6-20(21)24)14(12)9-17(22-25-3)15(13)10-18(19)23/h10-12,14,16,20,23-24H,4-9H2,1-3H3/b22-17-. The molecule has 0 aliphatic heterocycles. The van der Waals surface area contributed by atoms with E-state index in [-0.39, 0.29) is 17.3 Å². The molecule has 1 aromatic carbocycles. The van der Waals surface area contributed by atoms with Crippen LogP contribution in [0.15, 0.2) is 17.3 Å². The van der Waals surface area contributed by atoms with E-state index >= 15 is 0 Å². The van der Waals surface area contributed by atoms with Gasteiger partial charge in [-0.1, -0.05) is 12.1 Å². The van der Waals surface area contributed by atoms with E-state index in [1.807, 2.05) is 13.0 Å². The van der Waals surface area contributed by atoms with Gasteiger partial charge in [0, 0.05) is 5.56 Å². The van der Waals surface area contributed by atoms with Gasteiger partial charge in [0.15, 0.2) is 11.5 Å². The maximum Gasteiger partial charge on any atom is 0.161 e. The molecule has 5 atom stereocenters. The molecular formula is C21H29NO4. The summed E-state index contributed by atoms with van der Waals surface area (Å²) in [5, 5.41) is 25.2. The predicted molar refractivity (Wildman–Crippen MR) is 99.7 cm³/mol. The van der Waals surface area contributed by atoms with E-state index in [1.165, 1.54) is 5.56 Å². The Labute approximate surface area is 155 Å². The summed E-state index contributed by atoms with van der Waals surface area (Å²) in [6.07, 6.45) is 4.71. The number of nitrogens with zero attached hydrogens (tertiary/aromatic N) is 1. The molecule has 0 spiro atoms. The van der Waals surface area contributed by atoms with Crippen molar-refractivity contribution in [3.05, 3.63) is 23.3 Å². The van der Waals surface area contributed by atoms with Crippen LogP contribution in [-0.4, -0.2) is 35.7 Å². The number of hydrogen-bond donors (Lipinski definition) is 2. The van der Waals surface area contributed by atoms with E-state index in [2.05, 4.69) is 12.1 Å². The number of hydrogen-bond acceptors (Lipinski definition) is 5. The van der Waals surface area contributed by atoms with Crippen LogP contribution >= 0.6 is 0 Å². The summed E-state index contributed by atoms with van der Waals surface area (Å²) in [6, 6.07) is 3.79. The number of benzene rings is 1. The number of aliphatic hydroxyl groups excluding tert-OH is 1. The molecule has 0 saturated heterocycles. The summed E-state index contributed by atoms with van der Waals surface area (Å²) >= 11 is 0. The molecule has 2 saturated carbocycles. The van der Waals surface area contributed by atoms with Crippen molar-refractivity contribution in [2.45, 2.75) is 58.0 Å². The number of rotatable bonds is 3. The fourth-order valence-electron chi connectivity index (χ4n) is 5.87. The van der Waals surface area contributed by atoms with Gasteiger partial charge in [0.2, 0.25) is 0 Å². The molecule has 4 rings (SSSR count). The summed E-state index contributed by atoms with van der Waals surface area (Å²) in [5.41, 5.74) is 3.10. The number of phenols is 1. The Balaban J connectivity index is 1.80. The number of oxime groups is 1. The lowest BCUT2D eigenvalue weighted by Crippen LogP contribution is -2.45. The highest BCUT2D eigenvalue weighted by Gasteiger charge is 2.55.